The van der Waals surface area contributed by atoms with Gasteiger partial charge in [-0.05, 0) is 44.7 Å². The number of nitrogens with one attached hydrogen (secondary N) is 1. The molecule has 22 heavy (non-hydrogen) atoms. The molecular weight excluding hydrogens is 324 g/mol. The molecule has 1 fully saturated rings. The average molecular weight is 347 g/mol. The van der Waals surface area contributed by atoms with Gasteiger partial charge in [-0.1, -0.05) is 12.1 Å². The van der Waals surface area contributed by atoms with Crippen LogP contribution in [0.3, 0.4) is 0 Å². The Morgan fingerprint density at radius 3 is 2.41 bits per heavy atom. The fourth-order valence-corrected chi connectivity index (χ4v) is 3.51. The van der Waals surface area contributed by atoms with E-state index < -0.39 is 15.1 Å². The molecule has 124 valence electrons. The van der Waals surface area contributed by atoms with Gasteiger partial charge in [-0.2, -0.15) is 0 Å². The Balaban J connectivity index is 0.00000242. The highest BCUT2D eigenvalue weighted by molar-refractivity contribution is 7.92. The third kappa shape index (κ3) is 4.00. The van der Waals surface area contributed by atoms with Crippen molar-refractivity contribution in [2.24, 2.45) is 11.7 Å². The van der Waals surface area contributed by atoms with Crippen molar-refractivity contribution in [2.75, 3.05) is 6.54 Å². The highest BCUT2D eigenvalue weighted by Crippen LogP contribution is 2.32. The van der Waals surface area contributed by atoms with Crippen LogP contribution in [0.4, 0.5) is 0 Å². The summed E-state index contributed by atoms with van der Waals surface area (Å²) in [6, 6.07) is 6.26. The lowest BCUT2D eigenvalue weighted by Gasteiger charge is -2.18. The minimum atomic E-state index is -3.49. The number of hydrogen-bond donors (Lipinski definition) is 2. The summed E-state index contributed by atoms with van der Waals surface area (Å²) in [5.74, 6) is 0.0602. The summed E-state index contributed by atoms with van der Waals surface area (Å²) in [4.78, 5) is 12.5. The number of amides is 1. The van der Waals surface area contributed by atoms with Gasteiger partial charge in [-0.15, -0.1) is 12.4 Å². The van der Waals surface area contributed by atoms with Crippen LogP contribution < -0.4 is 11.1 Å². The summed E-state index contributed by atoms with van der Waals surface area (Å²) in [7, 11) is -3.49. The van der Waals surface area contributed by atoms with Gasteiger partial charge in [-0.3, -0.25) is 4.79 Å². The molecule has 7 heteroatoms. The van der Waals surface area contributed by atoms with E-state index in [1.807, 2.05) is 0 Å². The van der Waals surface area contributed by atoms with Crippen molar-refractivity contribution in [1.29, 1.82) is 0 Å². The topological polar surface area (TPSA) is 89.3 Å². The molecule has 3 N–H and O–H groups in total. The fourth-order valence-electron chi connectivity index (χ4n) is 2.27. The maximum Gasteiger partial charge on any atom is 0.252 e. The quantitative estimate of drug-likeness (QED) is 0.821. The van der Waals surface area contributed by atoms with Gasteiger partial charge in [0, 0.05) is 12.6 Å². The number of benzene rings is 1. The highest BCUT2D eigenvalue weighted by atomic mass is 35.5. The third-order valence-corrected chi connectivity index (χ3v) is 6.03. The maximum absolute atomic E-state index is 12.4. The van der Waals surface area contributed by atoms with Gasteiger partial charge in [0.2, 0.25) is 0 Å². The first kappa shape index (κ1) is 18.9. The van der Waals surface area contributed by atoms with Crippen molar-refractivity contribution < 1.29 is 13.2 Å². The summed E-state index contributed by atoms with van der Waals surface area (Å²) in [5.41, 5.74) is 5.88. The molecule has 1 aliphatic carbocycles. The molecule has 0 aliphatic heterocycles. The SMILES string of the molecule is CC(C)S(=O)(=O)c1ccccc1C(=O)NC(CN)C1CC1.Cl. The molecular formula is C15H23ClN2O3S. The van der Waals surface area contributed by atoms with E-state index in [2.05, 4.69) is 5.32 Å². The second-order valence-corrected chi connectivity index (χ2v) is 8.22. The molecule has 0 bridgehead atoms. The lowest BCUT2D eigenvalue weighted by atomic mass is 10.1. The van der Waals surface area contributed by atoms with E-state index in [4.69, 9.17) is 5.73 Å². The third-order valence-electron chi connectivity index (χ3n) is 3.82. The van der Waals surface area contributed by atoms with Crippen LogP contribution in [0.1, 0.15) is 37.0 Å². The van der Waals surface area contributed by atoms with Crippen molar-refractivity contribution in [2.45, 2.75) is 42.9 Å². The van der Waals surface area contributed by atoms with E-state index in [1.54, 1.807) is 32.0 Å². The van der Waals surface area contributed by atoms with Gasteiger partial charge >= 0.3 is 0 Å². The molecule has 0 aromatic heterocycles. The Bertz CT molecular complexity index is 627. The first-order valence-corrected chi connectivity index (χ1v) is 8.76. The molecule has 1 aromatic carbocycles. The minimum absolute atomic E-state index is 0. The highest BCUT2D eigenvalue weighted by Gasteiger charge is 2.32. The van der Waals surface area contributed by atoms with Crippen LogP contribution in [-0.4, -0.2) is 32.2 Å². The van der Waals surface area contributed by atoms with Crippen molar-refractivity contribution >= 4 is 28.2 Å². The Morgan fingerprint density at radius 1 is 1.32 bits per heavy atom. The average Bonchev–Trinajstić information content (AvgIpc) is 3.28. The van der Waals surface area contributed by atoms with E-state index in [1.165, 1.54) is 6.07 Å². The number of rotatable bonds is 6. The zero-order valence-electron chi connectivity index (χ0n) is 12.8. The molecule has 1 saturated carbocycles. The molecule has 1 amide bonds. The number of carbonyl (C=O) groups excluding carboxylic acids is 1. The van der Waals surface area contributed by atoms with Crippen molar-refractivity contribution in [3.8, 4) is 0 Å². The molecule has 5 nitrogen and oxygen atoms in total. The Hall–Kier alpha value is -1.11. The predicted molar refractivity (Wildman–Crippen MR) is 89.0 cm³/mol. The summed E-state index contributed by atoms with van der Waals surface area (Å²) in [6.07, 6.45) is 2.13. The van der Waals surface area contributed by atoms with E-state index in [9.17, 15) is 13.2 Å². The lowest BCUT2D eigenvalue weighted by Crippen LogP contribution is -2.42. The van der Waals surface area contributed by atoms with Crippen molar-refractivity contribution in [1.82, 2.24) is 5.32 Å². The Labute approximate surface area is 138 Å². The molecule has 2 rings (SSSR count). The Morgan fingerprint density at radius 2 is 1.91 bits per heavy atom. The minimum Gasteiger partial charge on any atom is -0.348 e. The number of nitrogens with two attached hydrogens (primary N) is 1. The van der Waals surface area contributed by atoms with Crippen molar-refractivity contribution in [3.63, 3.8) is 0 Å². The number of halogens is 1. The predicted octanol–water partition coefficient (Wildman–Crippen LogP) is 1.76. The molecule has 1 aromatic rings. The number of sulfone groups is 1. The monoisotopic (exact) mass is 346 g/mol. The van der Waals surface area contributed by atoms with Crippen molar-refractivity contribution in [3.05, 3.63) is 29.8 Å². The Kier molecular flexibility index (Phi) is 6.40. The van der Waals surface area contributed by atoms with E-state index in [-0.39, 0.29) is 34.8 Å². The van der Waals surface area contributed by atoms with E-state index >= 15 is 0 Å². The van der Waals surface area contributed by atoms with E-state index in [0.29, 0.717) is 12.5 Å². The van der Waals surface area contributed by atoms with E-state index in [0.717, 1.165) is 12.8 Å². The second-order valence-electron chi connectivity index (χ2n) is 5.74. The van der Waals surface area contributed by atoms with Gasteiger partial charge in [0.1, 0.15) is 0 Å². The zero-order valence-corrected chi connectivity index (χ0v) is 14.4. The molecule has 1 unspecified atom stereocenters. The van der Waals surface area contributed by atoms with Crippen LogP contribution in [0, 0.1) is 5.92 Å². The number of carbonyl (C=O) groups is 1. The molecule has 0 spiro atoms. The molecule has 0 heterocycles. The smallest absolute Gasteiger partial charge is 0.252 e. The first-order valence-electron chi connectivity index (χ1n) is 7.21. The van der Waals surface area contributed by atoms with Gasteiger partial charge in [0.05, 0.1) is 15.7 Å². The second kappa shape index (κ2) is 7.44. The summed E-state index contributed by atoms with van der Waals surface area (Å²) < 4.78 is 24.7. The maximum atomic E-state index is 12.4. The molecule has 1 atom stereocenters. The normalized spacial score (nSPS) is 16.0. The van der Waals surface area contributed by atoms with Gasteiger partial charge in [-0.25, -0.2) is 8.42 Å². The summed E-state index contributed by atoms with van der Waals surface area (Å²) in [5, 5.41) is 2.30. The zero-order chi connectivity index (χ0) is 15.6. The largest absolute Gasteiger partial charge is 0.348 e. The molecule has 1 aliphatic rings. The fraction of sp³-hybridized carbons (Fsp3) is 0.533. The van der Waals surface area contributed by atoms with Crippen LogP contribution in [0.2, 0.25) is 0 Å². The van der Waals surface area contributed by atoms with Gasteiger partial charge in [0.15, 0.2) is 9.84 Å². The van der Waals surface area contributed by atoms with Gasteiger partial charge < -0.3 is 11.1 Å². The van der Waals surface area contributed by atoms with Crippen LogP contribution in [0.15, 0.2) is 29.2 Å². The standard InChI is InChI=1S/C15H22N2O3S.ClH/c1-10(2)21(19,20)14-6-4-3-5-12(14)15(18)17-13(9-16)11-7-8-11;/h3-6,10-11,13H,7-9,16H2,1-2H3,(H,17,18);1H. The van der Waals surface area contributed by atoms with Crippen LogP contribution in [0.5, 0.6) is 0 Å². The molecule has 0 radical (unpaired) electrons. The van der Waals surface area contributed by atoms with Crippen LogP contribution in [0.25, 0.3) is 0 Å². The van der Waals surface area contributed by atoms with Crippen LogP contribution in [-0.2, 0) is 9.84 Å². The molecule has 0 saturated heterocycles. The van der Waals surface area contributed by atoms with Crippen LogP contribution >= 0.6 is 12.4 Å². The summed E-state index contributed by atoms with van der Waals surface area (Å²) >= 11 is 0. The number of hydrogen-bond acceptors (Lipinski definition) is 4. The lowest BCUT2D eigenvalue weighted by molar-refractivity contribution is 0.0930. The first-order chi connectivity index (χ1) is 9.87. The summed E-state index contributed by atoms with van der Waals surface area (Å²) in [6.45, 7) is 3.59. The van der Waals surface area contributed by atoms with Gasteiger partial charge in [0.25, 0.3) is 5.91 Å².